The van der Waals surface area contributed by atoms with Gasteiger partial charge in [0.05, 0.1) is 16.0 Å². The first-order valence-electron chi connectivity index (χ1n) is 9.54. The number of benzene rings is 2. The zero-order valence-electron chi connectivity index (χ0n) is 16.0. The number of aliphatic carboxylic acids is 1. The molecule has 2 aromatic carbocycles. The van der Waals surface area contributed by atoms with E-state index in [0.717, 1.165) is 31.0 Å². The number of amides is 1. The van der Waals surface area contributed by atoms with Gasteiger partial charge in [0.2, 0.25) is 0 Å². The summed E-state index contributed by atoms with van der Waals surface area (Å²) in [5.74, 6) is -4.97. The first kappa shape index (κ1) is 21.2. The van der Waals surface area contributed by atoms with Crippen molar-refractivity contribution in [3.05, 3.63) is 75.9 Å². The number of carbonyl (C=O) groups is 3. The molecule has 2 atom stereocenters. The van der Waals surface area contributed by atoms with Crippen molar-refractivity contribution in [3.8, 4) is 0 Å². The number of Topliss-reactive ketones (excluding diaryl/α,β-unsaturated/α-hetero) is 1. The van der Waals surface area contributed by atoms with Gasteiger partial charge in [0.25, 0.3) is 5.91 Å². The van der Waals surface area contributed by atoms with Crippen LogP contribution in [-0.2, 0) is 14.4 Å². The number of hydrogen-bond acceptors (Lipinski definition) is 4. The summed E-state index contributed by atoms with van der Waals surface area (Å²) in [7, 11) is 0. The molecule has 0 saturated heterocycles. The van der Waals surface area contributed by atoms with Gasteiger partial charge in [0.15, 0.2) is 5.78 Å². The maximum Gasteiger partial charge on any atom is 0.327 e. The lowest BCUT2D eigenvalue weighted by molar-refractivity contribution is -0.146. The van der Waals surface area contributed by atoms with Gasteiger partial charge in [0.1, 0.15) is 17.7 Å². The molecule has 9 heteroatoms. The highest BCUT2D eigenvalue weighted by Crippen LogP contribution is 2.39. The first-order chi connectivity index (χ1) is 14.8. The molecule has 6 nitrogen and oxygen atoms in total. The summed E-state index contributed by atoms with van der Waals surface area (Å²) >= 11 is 3.03. The van der Waals surface area contributed by atoms with E-state index < -0.39 is 41.3 Å². The standard InChI is InChI=1S/C22H17BrF2N2O4/c23-16-8-5-13(9-17(16)25)26-21(29)15-10-27(14-6-7-14)19(22(30)31)18(20(15)28)11-1-3-12(24)4-2-11/h1-5,8-10,14,18-19H,6-7H2,(H,26,29)(H,30,31). The lowest BCUT2D eigenvalue weighted by Crippen LogP contribution is -2.51. The Hall–Kier alpha value is -3.07. The Morgan fingerprint density at radius 1 is 1.10 bits per heavy atom. The van der Waals surface area contributed by atoms with Crippen LogP contribution < -0.4 is 5.32 Å². The molecule has 2 N–H and O–H groups in total. The summed E-state index contributed by atoms with van der Waals surface area (Å²) in [6, 6.07) is 7.66. The third-order valence-corrected chi connectivity index (χ3v) is 5.98. The average Bonchev–Trinajstić information content (AvgIpc) is 3.56. The van der Waals surface area contributed by atoms with Crippen LogP contribution in [0.15, 0.2) is 58.7 Å². The minimum Gasteiger partial charge on any atom is -0.480 e. The molecule has 0 radical (unpaired) electrons. The van der Waals surface area contributed by atoms with Gasteiger partial charge in [-0.1, -0.05) is 12.1 Å². The quantitative estimate of drug-likeness (QED) is 0.622. The Kier molecular flexibility index (Phi) is 5.62. The minimum atomic E-state index is -1.22. The van der Waals surface area contributed by atoms with E-state index in [-0.39, 0.29) is 21.8 Å². The molecular weight excluding hydrogens is 474 g/mol. The zero-order chi connectivity index (χ0) is 22.3. The summed E-state index contributed by atoms with van der Waals surface area (Å²) < 4.78 is 27.4. The van der Waals surface area contributed by atoms with E-state index in [1.54, 1.807) is 0 Å². The van der Waals surface area contributed by atoms with Crippen LogP contribution in [0.2, 0.25) is 0 Å². The monoisotopic (exact) mass is 490 g/mol. The molecule has 31 heavy (non-hydrogen) atoms. The highest BCUT2D eigenvalue weighted by atomic mass is 79.9. The SMILES string of the molecule is O=C(Nc1ccc(Br)c(F)c1)C1=CN(C2CC2)C(C(=O)O)C(c2ccc(F)cc2)C1=O. The second-order valence-corrected chi connectivity index (χ2v) is 8.34. The van der Waals surface area contributed by atoms with Gasteiger partial charge in [-0.05, 0) is 64.7 Å². The minimum absolute atomic E-state index is 0.106. The Balaban J connectivity index is 1.72. The molecule has 4 rings (SSSR count). The molecule has 1 fully saturated rings. The fourth-order valence-electron chi connectivity index (χ4n) is 3.70. The second-order valence-electron chi connectivity index (χ2n) is 7.48. The fourth-order valence-corrected chi connectivity index (χ4v) is 3.94. The van der Waals surface area contributed by atoms with Crippen molar-refractivity contribution < 1.29 is 28.3 Å². The summed E-state index contributed by atoms with van der Waals surface area (Å²) in [6.07, 6.45) is 2.75. The highest BCUT2D eigenvalue weighted by Gasteiger charge is 2.48. The molecule has 2 aliphatic rings. The van der Waals surface area contributed by atoms with Crippen molar-refractivity contribution >= 4 is 39.3 Å². The van der Waals surface area contributed by atoms with Crippen molar-refractivity contribution in [1.29, 1.82) is 0 Å². The number of nitrogens with zero attached hydrogens (tertiary/aromatic N) is 1. The molecule has 1 amide bonds. The van der Waals surface area contributed by atoms with Crippen LogP contribution in [0, 0.1) is 11.6 Å². The predicted octanol–water partition coefficient (Wildman–Crippen LogP) is 3.83. The van der Waals surface area contributed by atoms with Crippen LogP contribution in [0.4, 0.5) is 14.5 Å². The number of ketones is 1. The largest absolute Gasteiger partial charge is 0.480 e. The number of rotatable bonds is 5. The molecule has 2 aromatic rings. The third-order valence-electron chi connectivity index (χ3n) is 5.34. The van der Waals surface area contributed by atoms with Crippen LogP contribution in [0.1, 0.15) is 24.3 Å². The first-order valence-corrected chi connectivity index (χ1v) is 10.3. The van der Waals surface area contributed by atoms with Crippen molar-refractivity contribution in [1.82, 2.24) is 4.90 Å². The van der Waals surface area contributed by atoms with Gasteiger partial charge in [-0.3, -0.25) is 9.59 Å². The number of halogens is 3. The number of carbonyl (C=O) groups excluding carboxylic acids is 2. The van der Waals surface area contributed by atoms with Crippen LogP contribution in [-0.4, -0.2) is 39.7 Å². The molecule has 1 saturated carbocycles. The van der Waals surface area contributed by atoms with E-state index in [1.165, 1.54) is 35.4 Å². The maximum absolute atomic E-state index is 13.8. The van der Waals surface area contributed by atoms with Crippen molar-refractivity contribution in [3.63, 3.8) is 0 Å². The topological polar surface area (TPSA) is 86.7 Å². The summed E-state index contributed by atoms with van der Waals surface area (Å²) in [4.78, 5) is 39.8. The number of anilines is 1. The van der Waals surface area contributed by atoms with Crippen LogP contribution >= 0.6 is 15.9 Å². The molecule has 0 bridgehead atoms. The second kappa shape index (κ2) is 8.22. The highest BCUT2D eigenvalue weighted by molar-refractivity contribution is 9.10. The van der Waals surface area contributed by atoms with Gasteiger partial charge in [0, 0.05) is 17.9 Å². The molecule has 1 aliphatic heterocycles. The average molecular weight is 491 g/mol. The Morgan fingerprint density at radius 3 is 2.35 bits per heavy atom. The lowest BCUT2D eigenvalue weighted by Gasteiger charge is -2.37. The van der Waals surface area contributed by atoms with E-state index in [2.05, 4.69) is 21.2 Å². The van der Waals surface area contributed by atoms with Gasteiger partial charge in [-0.15, -0.1) is 0 Å². The van der Waals surface area contributed by atoms with Crippen molar-refractivity contribution in [2.45, 2.75) is 30.8 Å². The number of hydrogen-bond donors (Lipinski definition) is 2. The van der Waals surface area contributed by atoms with E-state index >= 15 is 0 Å². The molecule has 1 aliphatic carbocycles. The van der Waals surface area contributed by atoms with Crippen molar-refractivity contribution in [2.24, 2.45) is 0 Å². The van der Waals surface area contributed by atoms with Gasteiger partial charge < -0.3 is 15.3 Å². The number of carboxylic acids is 1. The third kappa shape index (κ3) is 4.23. The van der Waals surface area contributed by atoms with Crippen LogP contribution in [0.25, 0.3) is 0 Å². The van der Waals surface area contributed by atoms with Gasteiger partial charge in [-0.25, -0.2) is 13.6 Å². The normalized spacial score (nSPS) is 20.9. The van der Waals surface area contributed by atoms with E-state index in [9.17, 15) is 28.3 Å². The van der Waals surface area contributed by atoms with Crippen molar-refractivity contribution in [2.75, 3.05) is 5.32 Å². The Morgan fingerprint density at radius 2 is 1.77 bits per heavy atom. The Labute approximate surface area is 184 Å². The molecule has 2 unspecified atom stereocenters. The Bertz CT molecular complexity index is 1100. The van der Waals surface area contributed by atoms with Gasteiger partial charge in [-0.2, -0.15) is 0 Å². The molecular formula is C22H17BrF2N2O4. The number of nitrogens with one attached hydrogen (secondary N) is 1. The molecule has 0 spiro atoms. The molecule has 1 heterocycles. The maximum atomic E-state index is 13.8. The smallest absolute Gasteiger partial charge is 0.327 e. The zero-order valence-corrected chi connectivity index (χ0v) is 17.6. The van der Waals surface area contributed by atoms with Crippen LogP contribution in [0.5, 0.6) is 0 Å². The molecule has 160 valence electrons. The summed E-state index contributed by atoms with van der Waals surface area (Å²) in [5, 5.41) is 12.4. The summed E-state index contributed by atoms with van der Waals surface area (Å²) in [6.45, 7) is 0. The van der Waals surface area contributed by atoms with E-state index in [1.807, 2.05) is 0 Å². The summed E-state index contributed by atoms with van der Waals surface area (Å²) in [5.41, 5.74) is 0.218. The van der Waals surface area contributed by atoms with Gasteiger partial charge >= 0.3 is 5.97 Å². The number of carboxylic acid groups (broad SMARTS) is 1. The predicted molar refractivity (Wildman–Crippen MR) is 111 cm³/mol. The fraction of sp³-hybridized carbons (Fsp3) is 0.227. The van der Waals surface area contributed by atoms with E-state index in [0.29, 0.717) is 5.56 Å². The molecule has 0 aromatic heterocycles. The van der Waals surface area contributed by atoms with Crippen LogP contribution in [0.3, 0.4) is 0 Å². The lowest BCUT2D eigenvalue weighted by atomic mass is 9.81. The van der Waals surface area contributed by atoms with E-state index in [4.69, 9.17) is 0 Å².